The Morgan fingerprint density at radius 1 is 1.33 bits per heavy atom. The summed E-state index contributed by atoms with van der Waals surface area (Å²) in [4.78, 5) is 1.78. The van der Waals surface area contributed by atoms with Crippen LogP contribution in [0.15, 0.2) is 11.1 Å². The minimum atomic E-state index is -1.13. The zero-order valence-electron chi connectivity index (χ0n) is 6.03. The van der Waals surface area contributed by atoms with Gasteiger partial charge in [-0.05, 0) is 11.1 Å². The van der Waals surface area contributed by atoms with E-state index in [9.17, 15) is 0 Å². The molecule has 0 amide bonds. The standard InChI is InChI=1S/C7H11BrSi/c1-9(2,3)7-5-4-6-8/h4,6H,1-3H3. The second-order valence-corrected chi connectivity index (χ2v) is 8.09. The van der Waals surface area contributed by atoms with Gasteiger partial charge in [-0.3, -0.25) is 0 Å². The highest BCUT2D eigenvalue weighted by Crippen LogP contribution is 1.95. The number of halogens is 1. The normalized spacial score (nSPS) is 11.1. The fraction of sp³-hybridized carbons (Fsp3) is 0.429. The molecule has 0 nitrogen and oxygen atoms in total. The van der Waals surface area contributed by atoms with E-state index in [-0.39, 0.29) is 0 Å². The molecule has 0 radical (unpaired) electrons. The molecule has 0 aromatic carbocycles. The van der Waals surface area contributed by atoms with Crippen LogP contribution in [0.2, 0.25) is 19.6 Å². The van der Waals surface area contributed by atoms with Crippen molar-refractivity contribution >= 4 is 24.0 Å². The molecule has 0 aliphatic rings. The monoisotopic (exact) mass is 202 g/mol. The van der Waals surface area contributed by atoms with Crippen LogP contribution in [-0.4, -0.2) is 8.07 Å². The van der Waals surface area contributed by atoms with Gasteiger partial charge in [-0.2, -0.15) is 0 Å². The van der Waals surface area contributed by atoms with Crippen molar-refractivity contribution in [1.29, 1.82) is 0 Å². The lowest BCUT2D eigenvalue weighted by molar-refractivity contribution is 1.81. The maximum Gasteiger partial charge on any atom is 0.129 e. The minimum absolute atomic E-state index is 1.13. The molecule has 0 unspecified atom stereocenters. The summed E-state index contributed by atoms with van der Waals surface area (Å²) in [5.41, 5.74) is 3.19. The van der Waals surface area contributed by atoms with E-state index >= 15 is 0 Å². The van der Waals surface area contributed by atoms with E-state index in [1.54, 1.807) is 4.99 Å². The van der Waals surface area contributed by atoms with Gasteiger partial charge < -0.3 is 0 Å². The summed E-state index contributed by atoms with van der Waals surface area (Å²) in [6, 6.07) is 0. The van der Waals surface area contributed by atoms with E-state index in [0.717, 1.165) is 0 Å². The minimum Gasteiger partial charge on any atom is -0.127 e. The molecule has 0 saturated carbocycles. The van der Waals surface area contributed by atoms with Crippen LogP contribution >= 0.6 is 15.9 Å². The van der Waals surface area contributed by atoms with Crippen molar-refractivity contribution in [3.63, 3.8) is 0 Å². The van der Waals surface area contributed by atoms with Gasteiger partial charge in [-0.25, -0.2) is 0 Å². The molecule has 0 atom stereocenters. The van der Waals surface area contributed by atoms with Crippen LogP contribution in [0.4, 0.5) is 0 Å². The Morgan fingerprint density at radius 2 is 1.89 bits per heavy atom. The van der Waals surface area contributed by atoms with Crippen LogP contribution < -0.4 is 0 Å². The molecule has 0 aromatic rings. The summed E-state index contributed by atoms with van der Waals surface area (Å²) in [6.07, 6.45) is 1.82. The fourth-order valence-electron chi connectivity index (χ4n) is 0.290. The summed E-state index contributed by atoms with van der Waals surface area (Å²) >= 11 is 3.15. The second kappa shape index (κ2) is 3.92. The first kappa shape index (κ1) is 9.00. The van der Waals surface area contributed by atoms with Crippen LogP contribution in [0.3, 0.4) is 0 Å². The van der Waals surface area contributed by atoms with Crippen LogP contribution in [0.1, 0.15) is 0 Å². The van der Waals surface area contributed by atoms with Gasteiger partial charge in [-0.15, -0.1) is 5.54 Å². The second-order valence-electron chi connectivity index (χ2n) is 2.81. The van der Waals surface area contributed by atoms with Crippen molar-refractivity contribution in [1.82, 2.24) is 0 Å². The summed E-state index contributed by atoms with van der Waals surface area (Å²) in [5, 5.41) is 0. The van der Waals surface area contributed by atoms with Gasteiger partial charge in [-0.1, -0.05) is 41.5 Å². The van der Waals surface area contributed by atoms with Crippen LogP contribution in [-0.2, 0) is 0 Å². The zero-order chi connectivity index (χ0) is 7.33. The van der Waals surface area contributed by atoms with Crippen LogP contribution in [0.25, 0.3) is 0 Å². The van der Waals surface area contributed by atoms with Crippen molar-refractivity contribution in [2.75, 3.05) is 0 Å². The van der Waals surface area contributed by atoms with E-state index < -0.39 is 8.07 Å². The summed E-state index contributed by atoms with van der Waals surface area (Å²) < 4.78 is 0. The molecule has 0 N–H and O–H groups in total. The lowest BCUT2D eigenvalue weighted by Gasteiger charge is -2.01. The van der Waals surface area contributed by atoms with Crippen LogP contribution in [0, 0.1) is 11.5 Å². The number of allylic oxidation sites excluding steroid dienone is 1. The molecular formula is C7H11BrSi. The molecule has 0 fully saturated rings. The highest BCUT2D eigenvalue weighted by Gasteiger charge is 2.06. The highest BCUT2D eigenvalue weighted by atomic mass is 79.9. The first-order chi connectivity index (χ1) is 4.06. The Balaban J connectivity index is 3.88. The van der Waals surface area contributed by atoms with E-state index in [1.165, 1.54) is 0 Å². The molecule has 0 rings (SSSR count). The first-order valence-corrected chi connectivity index (χ1v) is 7.26. The third kappa shape index (κ3) is 8.00. The van der Waals surface area contributed by atoms with Gasteiger partial charge in [0.15, 0.2) is 0 Å². The molecule has 9 heavy (non-hydrogen) atoms. The summed E-state index contributed by atoms with van der Waals surface area (Å²) in [6.45, 7) is 6.67. The molecule has 0 aliphatic carbocycles. The van der Waals surface area contributed by atoms with Gasteiger partial charge in [0, 0.05) is 0 Å². The van der Waals surface area contributed by atoms with Gasteiger partial charge in [0.2, 0.25) is 0 Å². The first-order valence-electron chi connectivity index (χ1n) is 2.84. The molecule has 0 heterocycles. The maximum atomic E-state index is 3.19. The molecule has 0 saturated heterocycles. The predicted octanol–water partition coefficient (Wildman–Crippen LogP) is 2.78. The van der Waals surface area contributed by atoms with E-state index in [1.807, 2.05) is 6.08 Å². The highest BCUT2D eigenvalue weighted by molar-refractivity contribution is 9.11. The average Bonchev–Trinajstić information content (AvgIpc) is 1.63. The lowest BCUT2D eigenvalue weighted by Crippen LogP contribution is -2.16. The quantitative estimate of drug-likeness (QED) is 0.419. The molecular weight excluding hydrogens is 192 g/mol. The maximum absolute atomic E-state index is 3.19. The van der Waals surface area contributed by atoms with Gasteiger partial charge >= 0.3 is 0 Å². The fourth-order valence-corrected chi connectivity index (χ4v) is 0.938. The van der Waals surface area contributed by atoms with Crippen molar-refractivity contribution in [3.05, 3.63) is 11.1 Å². The SMILES string of the molecule is C[Si](C)(C)C#CC=CBr. The predicted molar refractivity (Wildman–Crippen MR) is 49.2 cm³/mol. The Hall–Kier alpha value is -0.00312. The smallest absolute Gasteiger partial charge is 0.127 e. The van der Waals surface area contributed by atoms with Crippen molar-refractivity contribution in [2.45, 2.75) is 19.6 Å². The third-order valence-electron chi connectivity index (χ3n) is 0.593. The van der Waals surface area contributed by atoms with E-state index in [4.69, 9.17) is 0 Å². The topological polar surface area (TPSA) is 0 Å². The number of hydrogen-bond donors (Lipinski definition) is 0. The molecule has 0 aliphatic heterocycles. The Morgan fingerprint density at radius 3 is 2.22 bits per heavy atom. The van der Waals surface area contributed by atoms with Gasteiger partial charge in [0.1, 0.15) is 8.07 Å². The van der Waals surface area contributed by atoms with Gasteiger partial charge in [0.05, 0.1) is 0 Å². The third-order valence-corrected chi connectivity index (χ3v) is 1.75. The van der Waals surface area contributed by atoms with Crippen molar-refractivity contribution in [2.24, 2.45) is 0 Å². The molecule has 0 aromatic heterocycles. The lowest BCUT2D eigenvalue weighted by atomic mass is 10.7. The molecule has 2 heteroatoms. The van der Waals surface area contributed by atoms with E-state index in [0.29, 0.717) is 0 Å². The average molecular weight is 203 g/mol. The number of hydrogen-bond acceptors (Lipinski definition) is 0. The Bertz CT molecular complexity index is 154. The van der Waals surface area contributed by atoms with Crippen LogP contribution in [0.5, 0.6) is 0 Å². The largest absolute Gasteiger partial charge is 0.129 e. The Kier molecular flexibility index (Phi) is 3.92. The summed E-state index contributed by atoms with van der Waals surface area (Å²) in [5.74, 6) is 2.96. The molecule has 0 bridgehead atoms. The Labute approximate surface area is 66.5 Å². The summed E-state index contributed by atoms with van der Waals surface area (Å²) in [7, 11) is -1.13. The number of rotatable bonds is 0. The van der Waals surface area contributed by atoms with Crippen molar-refractivity contribution in [3.8, 4) is 11.5 Å². The van der Waals surface area contributed by atoms with E-state index in [2.05, 4.69) is 47.0 Å². The molecule has 50 valence electrons. The van der Waals surface area contributed by atoms with Crippen molar-refractivity contribution < 1.29 is 0 Å². The molecule has 0 spiro atoms. The zero-order valence-corrected chi connectivity index (χ0v) is 8.62. The van der Waals surface area contributed by atoms with Gasteiger partial charge in [0.25, 0.3) is 0 Å².